The largest absolute Gasteiger partial charge is 0.416 e. The fourth-order valence-corrected chi connectivity index (χ4v) is 6.54. The van der Waals surface area contributed by atoms with Crippen LogP contribution >= 0.6 is 0 Å². The number of amides is 2. The number of carbonyl (C=O) groups is 1. The summed E-state index contributed by atoms with van der Waals surface area (Å²) in [7, 11) is -4.31. The normalized spacial score (nSPS) is 34.3. The molecule has 154 valence electrons. The van der Waals surface area contributed by atoms with E-state index < -0.39 is 43.8 Å². The molecule has 0 saturated heterocycles. The van der Waals surface area contributed by atoms with Gasteiger partial charge in [-0.25, -0.2) is 17.9 Å². The van der Waals surface area contributed by atoms with Gasteiger partial charge in [-0.3, -0.25) is 0 Å². The molecule has 1 aromatic carbocycles. The van der Waals surface area contributed by atoms with Crippen molar-refractivity contribution in [2.75, 3.05) is 0 Å². The zero-order valence-corrected chi connectivity index (χ0v) is 15.7. The van der Waals surface area contributed by atoms with E-state index in [1.54, 1.807) is 0 Å². The SMILES string of the molecule is O=C(NC12C[C@@H]3C[C@@H](CC(O)(C3)C1)C2)NS(=O)(=O)c1ccc(C(F)(F)F)cc1. The highest BCUT2D eigenvalue weighted by atomic mass is 32.2. The first kappa shape index (κ1) is 19.5. The molecule has 4 aliphatic rings. The van der Waals surface area contributed by atoms with E-state index in [2.05, 4.69) is 5.32 Å². The third-order valence-electron chi connectivity index (χ3n) is 6.13. The van der Waals surface area contributed by atoms with Gasteiger partial charge in [0.05, 0.1) is 16.1 Å². The van der Waals surface area contributed by atoms with Crippen molar-refractivity contribution < 1.29 is 31.5 Å². The lowest BCUT2D eigenvalue weighted by Crippen LogP contribution is -2.66. The van der Waals surface area contributed by atoms with Crippen molar-refractivity contribution in [3.63, 3.8) is 0 Å². The maximum atomic E-state index is 12.6. The van der Waals surface area contributed by atoms with E-state index in [9.17, 15) is 31.5 Å². The van der Waals surface area contributed by atoms with Gasteiger partial charge in [0, 0.05) is 5.54 Å². The zero-order chi connectivity index (χ0) is 20.4. The van der Waals surface area contributed by atoms with Crippen LogP contribution in [-0.2, 0) is 16.2 Å². The summed E-state index contributed by atoms with van der Waals surface area (Å²) in [6, 6.07) is 2.00. The van der Waals surface area contributed by atoms with Crippen molar-refractivity contribution in [2.24, 2.45) is 11.8 Å². The van der Waals surface area contributed by atoms with Gasteiger partial charge >= 0.3 is 12.2 Å². The summed E-state index contributed by atoms with van der Waals surface area (Å²) in [5.74, 6) is 0.608. The molecule has 4 aliphatic carbocycles. The third-order valence-corrected chi connectivity index (χ3v) is 7.47. The number of halogens is 3. The molecule has 2 amide bonds. The van der Waals surface area contributed by atoms with Crippen LogP contribution in [-0.4, -0.2) is 30.7 Å². The number of nitrogens with one attached hydrogen (secondary N) is 2. The van der Waals surface area contributed by atoms with E-state index in [1.165, 1.54) is 0 Å². The molecule has 0 radical (unpaired) electrons. The van der Waals surface area contributed by atoms with Gasteiger partial charge in [-0.1, -0.05) is 0 Å². The predicted molar refractivity (Wildman–Crippen MR) is 92.7 cm³/mol. The molecule has 4 fully saturated rings. The molecule has 4 saturated carbocycles. The minimum absolute atomic E-state index is 0.304. The summed E-state index contributed by atoms with van der Waals surface area (Å²) in [5.41, 5.74) is -2.43. The van der Waals surface area contributed by atoms with Crippen molar-refractivity contribution in [3.8, 4) is 0 Å². The van der Waals surface area contributed by atoms with Crippen LogP contribution < -0.4 is 10.0 Å². The minimum atomic E-state index is -4.58. The fourth-order valence-electron chi connectivity index (χ4n) is 5.63. The van der Waals surface area contributed by atoms with Gasteiger partial charge in [-0.2, -0.15) is 13.2 Å². The predicted octanol–water partition coefficient (Wildman–Crippen LogP) is 2.78. The van der Waals surface area contributed by atoms with Crippen LogP contribution in [0, 0.1) is 11.8 Å². The van der Waals surface area contributed by atoms with E-state index in [1.807, 2.05) is 4.72 Å². The number of rotatable bonds is 3. The summed E-state index contributed by atoms with van der Waals surface area (Å²) in [5, 5.41) is 13.4. The number of benzene rings is 1. The highest BCUT2D eigenvalue weighted by Gasteiger charge is 2.57. The van der Waals surface area contributed by atoms with Gasteiger partial charge < -0.3 is 10.4 Å². The Bertz CT molecular complexity index is 884. The number of alkyl halides is 3. The van der Waals surface area contributed by atoms with Crippen molar-refractivity contribution in [1.29, 1.82) is 0 Å². The first-order valence-corrected chi connectivity index (χ1v) is 10.6. The minimum Gasteiger partial charge on any atom is -0.390 e. The molecule has 10 heteroatoms. The maximum Gasteiger partial charge on any atom is 0.416 e. The third kappa shape index (κ3) is 3.59. The molecule has 0 aliphatic heterocycles. The van der Waals surface area contributed by atoms with E-state index in [-0.39, 0.29) is 0 Å². The smallest absolute Gasteiger partial charge is 0.390 e. The number of urea groups is 1. The molecule has 6 nitrogen and oxygen atoms in total. The molecule has 4 bridgehead atoms. The number of carbonyl (C=O) groups excluding carboxylic acids is 1. The first-order chi connectivity index (χ1) is 12.9. The second-order valence-electron chi connectivity index (χ2n) is 8.55. The summed E-state index contributed by atoms with van der Waals surface area (Å²) in [4.78, 5) is 12.0. The molecule has 2 unspecified atom stereocenters. The number of hydrogen-bond donors (Lipinski definition) is 3. The van der Waals surface area contributed by atoms with Crippen LogP contribution in [0.3, 0.4) is 0 Å². The zero-order valence-electron chi connectivity index (χ0n) is 14.9. The van der Waals surface area contributed by atoms with Crippen LogP contribution in [0.25, 0.3) is 0 Å². The van der Waals surface area contributed by atoms with Crippen LogP contribution in [0.1, 0.15) is 44.1 Å². The van der Waals surface area contributed by atoms with E-state index in [4.69, 9.17) is 0 Å². The average molecular weight is 418 g/mol. The van der Waals surface area contributed by atoms with E-state index in [0.717, 1.165) is 18.6 Å². The molecule has 3 N–H and O–H groups in total. The second kappa shape index (κ2) is 6.09. The maximum absolute atomic E-state index is 12.6. The van der Waals surface area contributed by atoms with Crippen molar-refractivity contribution in [2.45, 2.75) is 60.7 Å². The van der Waals surface area contributed by atoms with Crippen molar-refractivity contribution in [3.05, 3.63) is 29.8 Å². The lowest BCUT2D eigenvalue weighted by Gasteiger charge is -2.60. The molecule has 28 heavy (non-hydrogen) atoms. The van der Waals surface area contributed by atoms with Gasteiger partial charge in [-0.05, 0) is 74.6 Å². The summed E-state index contributed by atoms with van der Waals surface area (Å²) >= 11 is 0. The fraction of sp³-hybridized carbons (Fsp3) is 0.611. The number of aliphatic hydroxyl groups is 1. The summed E-state index contributed by atoms with van der Waals surface area (Å²) < 4.78 is 64.4. The van der Waals surface area contributed by atoms with Crippen LogP contribution in [0.2, 0.25) is 0 Å². The Morgan fingerprint density at radius 2 is 1.64 bits per heavy atom. The Morgan fingerprint density at radius 3 is 2.14 bits per heavy atom. The van der Waals surface area contributed by atoms with Gasteiger partial charge in [-0.15, -0.1) is 0 Å². The average Bonchev–Trinajstić information content (AvgIpc) is 2.50. The van der Waals surface area contributed by atoms with Crippen LogP contribution in [0.4, 0.5) is 18.0 Å². The summed E-state index contributed by atoms with van der Waals surface area (Å²) in [6.45, 7) is 0. The topological polar surface area (TPSA) is 95.5 Å². The second-order valence-corrected chi connectivity index (χ2v) is 10.2. The van der Waals surface area contributed by atoms with E-state index >= 15 is 0 Å². The monoisotopic (exact) mass is 418 g/mol. The molecule has 0 aromatic heterocycles. The molecule has 0 spiro atoms. The molecular weight excluding hydrogens is 397 g/mol. The molecule has 4 atom stereocenters. The quantitative estimate of drug-likeness (QED) is 0.704. The molecule has 1 aromatic rings. The van der Waals surface area contributed by atoms with Gasteiger partial charge in [0.2, 0.25) is 0 Å². The molecule has 5 rings (SSSR count). The Balaban J connectivity index is 1.46. The number of sulfonamides is 1. The van der Waals surface area contributed by atoms with E-state index in [0.29, 0.717) is 56.1 Å². The Kier molecular flexibility index (Phi) is 4.24. The van der Waals surface area contributed by atoms with Gasteiger partial charge in [0.25, 0.3) is 10.0 Å². The Labute approximate surface area is 160 Å². The lowest BCUT2D eigenvalue weighted by atomic mass is 9.51. The standard InChI is InChI=1S/C18H21F3N2O4S/c19-18(20,21)13-1-3-14(4-2-13)28(26,27)23-15(24)22-16-6-11-5-12(7-16)9-17(25,8-11)10-16/h1-4,11-12,25H,5-10H2,(H2,22,23,24)/t11-,12+,16?,17?. The molecule has 0 heterocycles. The Hall–Kier alpha value is -1.81. The van der Waals surface area contributed by atoms with Crippen LogP contribution in [0.15, 0.2) is 29.2 Å². The molecular formula is C18H21F3N2O4S. The highest BCUT2D eigenvalue weighted by molar-refractivity contribution is 7.90. The Morgan fingerprint density at radius 1 is 1.07 bits per heavy atom. The van der Waals surface area contributed by atoms with Crippen molar-refractivity contribution in [1.82, 2.24) is 10.0 Å². The van der Waals surface area contributed by atoms with Gasteiger partial charge in [0.1, 0.15) is 0 Å². The highest BCUT2D eigenvalue weighted by Crippen LogP contribution is 2.57. The number of hydrogen-bond acceptors (Lipinski definition) is 4. The van der Waals surface area contributed by atoms with Crippen LogP contribution in [0.5, 0.6) is 0 Å². The van der Waals surface area contributed by atoms with Gasteiger partial charge in [0.15, 0.2) is 0 Å². The summed E-state index contributed by atoms with van der Waals surface area (Å²) in [6.07, 6.45) is -0.375. The van der Waals surface area contributed by atoms with Crippen molar-refractivity contribution >= 4 is 16.1 Å². The lowest BCUT2D eigenvalue weighted by molar-refractivity contribution is -0.139. The first-order valence-electron chi connectivity index (χ1n) is 9.13.